The molecule has 1 amide bonds. The number of hydrogen-bond acceptors (Lipinski definition) is 4. The summed E-state index contributed by atoms with van der Waals surface area (Å²) >= 11 is 11.8. The summed E-state index contributed by atoms with van der Waals surface area (Å²) in [5.74, 6) is -0.0571. The Balaban J connectivity index is 2.03. The predicted octanol–water partition coefficient (Wildman–Crippen LogP) is 2.60. The van der Waals surface area contributed by atoms with Crippen molar-refractivity contribution in [3.63, 3.8) is 0 Å². The first kappa shape index (κ1) is 21.4. The van der Waals surface area contributed by atoms with Gasteiger partial charge in [0.15, 0.2) is 0 Å². The maximum atomic E-state index is 12.8. The second-order valence-electron chi connectivity index (χ2n) is 7.43. The number of hydrogen-bond donors (Lipinski definition) is 1. The minimum Gasteiger partial charge on any atom is -0.350 e. The van der Waals surface area contributed by atoms with Crippen LogP contribution >= 0.6 is 23.2 Å². The average molecular weight is 422 g/mol. The van der Waals surface area contributed by atoms with Crippen molar-refractivity contribution in [1.82, 2.24) is 14.5 Å². The van der Waals surface area contributed by atoms with Gasteiger partial charge in [-0.1, -0.05) is 23.2 Å². The lowest BCUT2D eigenvalue weighted by molar-refractivity contribution is -0.127. The highest BCUT2D eigenvalue weighted by atomic mass is 35.5. The first-order valence-corrected chi connectivity index (χ1v) is 10.6. The van der Waals surface area contributed by atoms with E-state index in [4.69, 9.17) is 23.2 Å². The first-order chi connectivity index (χ1) is 11.9. The zero-order valence-electron chi connectivity index (χ0n) is 15.4. The highest BCUT2D eigenvalue weighted by molar-refractivity contribution is 7.89. The fourth-order valence-electron chi connectivity index (χ4n) is 2.76. The summed E-state index contributed by atoms with van der Waals surface area (Å²) < 4.78 is 27.0. The van der Waals surface area contributed by atoms with E-state index < -0.39 is 10.0 Å². The van der Waals surface area contributed by atoms with Crippen molar-refractivity contribution >= 4 is 39.1 Å². The molecule has 0 spiro atoms. The number of nitrogens with zero attached hydrogens (tertiary/aromatic N) is 2. The van der Waals surface area contributed by atoms with E-state index >= 15 is 0 Å². The van der Waals surface area contributed by atoms with Gasteiger partial charge in [-0.05, 0) is 45.9 Å². The summed E-state index contributed by atoms with van der Waals surface area (Å²) in [6.45, 7) is 9.23. The van der Waals surface area contributed by atoms with Crippen molar-refractivity contribution in [1.29, 1.82) is 0 Å². The Kier molecular flexibility index (Phi) is 6.62. The fourth-order valence-corrected chi connectivity index (χ4v) is 4.57. The molecule has 6 nitrogen and oxygen atoms in total. The second kappa shape index (κ2) is 8.02. The van der Waals surface area contributed by atoms with Crippen LogP contribution in [0.4, 0.5) is 0 Å². The third-order valence-corrected chi connectivity index (χ3v) is 6.86. The van der Waals surface area contributed by atoms with Gasteiger partial charge in [-0.3, -0.25) is 9.69 Å². The SMILES string of the molecule is C[C@H](C(=O)NC(C)(C)C)N1CCN(S(=O)(=O)c2ccc(Cl)c(Cl)c2)CC1. The third-order valence-electron chi connectivity index (χ3n) is 4.23. The molecule has 1 aliphatic rings. The molecular weight excluding hydrogens is 397 g/mol. The molecule has 26 heavy (non-hydrogen) atoms. The number of nitrogens with one attached hydrogen (secondary N) is 1. The van der Waals surface area contributed by atoms with E-state index in [1.165, 1.54) is 22.5 Å². The van der Waals surface area contributed by atoms with Crippen LogP contribution in [0.15, 0.2) is 23.1 Å². The zero-order chi connectivity index (χ0) is 19.7. The Hall–Kier alpha value is -0.860. The Morgan fingerprint density at radius 2 is 1.69 bits per heavy atom. The van der Waals surface area contributed by atoms with E-state index in [1.54, 1.807) is 0 Å². The Morgan fingerprint density at radius 1 is 1.12 bits per heavy atom. The van der Waals surface area contributed by atoms with Gasteiger partial charge >= 0.3 is 0 Å². The van der Waals surface area contributed by atoms with Crippen LogP contribution in [0.2, 0.25) is 10.0 Å². The normalized spacial score (nSPS) is 18.5. The molecule has 0 bridgehead atoms. The number of piperazine rings is 1. The minimum absolute atomic E-state index is 0.0571. The molecule has 1 aromatic carbocycles. The lowest BCUT2D eigenvalue weighted by Crippen LogP contribution is -2.56. The van der Waals surface area contributed by atoms with E-state index in [1.807, 2.05) is 32.6 Å². The molecule has 1 aliphatic heterocycles. The number of halogens is 2. The standard InChI is InChI=1S/C17H25Cl2N3O3S/c1-12(16(23)20-17(2,3)4)21-7-9-22(10-8-21)26(24,25)13-5-6-14(18)15(19)11-13/h5-6,11-12H,7-10H2,1-4H3,(H,20,23)/t12-/m1/s1. The molecule has 2 rings (SSSR count). The Labute approximate surface area is 165 Å². The summed E-state index contributed by atoms with van der Waals surface area (Å²) in [7, 11) is -3.64. The van der Waals surface area contributed by atoms with E-state index in [-0.39, 0.29) is 27.4 Å². The predicted molar refractivity (Wildman–Crippen MR) is 104 cm³/mol. The van der Waals surface area contributed by atoms with Crippen molar-refractivity contribution < 1.29 is 13.2 Å². The maximum Gasteiger partial charge on any atom is 0.243 e. The van der Waals surface area contributed by atoms with Crippen LogP contribution in [0.25, 0.3) is 0 Å². The van der Waals surface area contributed by atoms with Gasteiger partial charge in [-0.15, -0.1) is 0 Å². The third kappa shape index (κ3) is 5.10. The van der Waals surface area contributed by atoms with Crippen molar-refractivity contribution in [3.05, 3.63) is 28.2 Å². The van der Waals surface area contributed by atoms with Crippen LogP contribution in [0.3, 0.4) is 0 Å². The second-order valence-corrected chi connectivity index (χ2v) is 10.2. The van der Waals surface area contributed by atoms with E-state index in [0.717, 1.165) is 0 Å². The summed E-state index contributed by atoms with van der Waals surface area (Å²) in [6, 6.07) is 3.98. The van der Waals surface area contributed by atoms with Crippen LogP contribution in [-0.2, 0) is 14.8 Å². The molecule has 146 valence electrons. The molecule has 1 N–H and O–H groups in total. The number of benzene rings is 1. The van der Waals surface area contributed by atoms with Gasteiger partial charge in [0.1, 0.15) is 0 Å². The lowest BCUT2D eigenvalue weighted by atomic mass is 10.1. The molecule has 1 heterocycles. The van der Waals surface area contributed by atoms with E-state index in [2.05, 4.69) is 5.32 Å². The number of carbonyl (C=O) groups excluding carboxylic acids is 1. The smallest absolute Gasteiger partial charge is 0.243 e. The van der Waals surface area contributed by atoms with Gasteiger partial charge in [-0.2, -0.15) is 4.31 Å². The number of rotatable bonds is 4. The summed E-state index contributed by atoms with van der Waals surface area (Å²) in [4.78, 5) is 14.4. The molecule has 1 fully saturated rings. The Morgan fingerprint density at radius 3 is 2.19 bits per heavy atom. The van der Waals surface area contributed by atoms with Gasteiger partial charge < -0.3 is 5.32 Å². The van der Waals surface area contributed by atoms with Gasteiger partial charge in [0.05, 0.1) is 21.0 Å². The number of carbonyl (C=O) groups is 1. The van der Waals surface area contributed by atoms with Crippen LogP contribution in [0.5, 0.6) is 0 Å². The number of sulfonamides is 1. The summed E-state index contributed by atoms with van der Waals surface area (Å²) in [5, 5.41) is 3.48. The van der Waals surface area contributed by atoms with Gasteiger partial charge in [0.25, 0.3) is 0 Å². The van der Waals surface area contributed by atoms with Crippen molar-refractivity contribution in [2.75, 3.05) is 26.2 Å². The maximum absolute atomic E-state index is 12.8. The minimum atomic E-state index is -3.64. The monoisotopic (exact) mass is 421 g/mol. The molecule has 1 atom stereocenters. The molecule has 0 aromatic heterocycles. The van der Waals surface area contributed by atoms with Gasteiger partial charge in [0, 0.05) is 31.7 Å². The van der Waals surface area contributed by atoms with Crippen LogP contribution < -0.4 is 5.32 Å². The molecule has 0 radical (unpaired) electrons. The van der Waals surface area contributed by atoms with Crippen molar-refractivity contribution in [2.45, 2.75) is 44.2 Å². The van der Waals surface area contributed by atoms with Crippen LogP contribution in [0.1, 0.15) is 27.7 Å². The quantitative estimate of drug-likeness (QED) is 0.810. The molecule has 0 aliphatic carbocycles. The van der Waals surface area contributed by atoms with E-state index in [9.17, 15) is 13.2 Å². The lowest BCUT2D eigenvalue weighted by Gasteiger charge is -2.37. The molecule has 1 saturated heterocycles. The first-order valence-electron chi connectivity index (χ1n) is 8.43. The largest absolute Gasteiger partial charge is 0.350 e. The van der Waals surface area contributed by atoms with Gasteiger partial charge in [-0.25, -0.2) is 8.42 Å². The highest BCUT2D eigenvalue weighted by Crippen LogP contribution is 2.27. The van der Waals surface area contributed by atoms with Crippen molar-refractivity contribution in [3.8, 4) is 0 Å². The molecule has 0 unspecified atom stereocenters. The average Bonchev–Trinajstić information content (AvgIpc) is 2.55. The topological polar surface area (TPSA) is 69.7 Å². The van der Waals surface area contributed by atoms with Crippen molar-refractivity contribution in [2.24, 2.45) is 0 Å². The highest BCUT2D eigenvalue weighted by Gasteiger charge is 2.32. The Bertz CT molecular complexity index is 770. The fraction of sp³-hybridized carbons (Fsp3) is 0.588. The zero-order valence-corrected chi connectivity index (χ0v) is 17.7. The summed E-state index contributed by atoms with van der Waals surface area (Å²) in [6.07, 6.45) is 0. The van der Waals surface area contributed by atoms with Crippen LogP contribution in [-0.4, -0.2) is 61.3 Å². The van der Waals surface area contributed by atoms with Gasteiger partial charge in [0.2, 0.25) is 15.9 Å². The molecule has 9 heteroatoms. The van der Waals surface area contributed by atoms with Crippen LogP contribution in [0, 0.1) is 0 Å². The molecular formula is C17H25Cl2N3O3S. The number of amides is 1. The van der Waals surface area contributed by atoms with E-state index in [0.29, 0.717) is 31.2 Å². The molecule has 1 aromatic rings. The summed E-state index contributed by atoms with van der Waals surface area (Å²) in [5.41, 5.74) is -0.301. The molecule has 0 saturated carbocycles.